The summed E-state index contributed by atoms with van der Waals surface area (Å²) in [5.41, 5.74) is 3.07. The van der Waals surface area contributed by atoms with Crippen molar-refractivity contribution in [3.8, 4) is 16.9 Å². The topological polar surface area (TPSA) is 65.1 Å². The quantitative estimate of drug-likeness (QED) is 0.251. The fourth-order valence-electron chi connectivity index (χ4n) is 4.78. The zero-order valence-electron chi connectivity index (χ0n) is 19.8. The molecule has 2 aromatic carbocycles. The lowest BCUT2D eigenvalue weighted by molar-refractivity contribution is 0.585. The smallest absolute Gasteiger partial charge is 0.266 e. The van der Waals surface area contributed by atoms with Crippen LogP contribution in [0.15, 0.2) is 76.2 Å². The van der Waals surface area contributed by atoms with Crippen molar-refractivity contribution in [1.82, 2.24) is 24.4 Å². The molecule has 0 bridgehead atoms. The highest BCUT2D eigenvalue weighted by Crippen LogP contribution is 2.64. The van der Waals surface area contributed by atoms with E-state index in [0.29, 0.717) is 20.3 Å². The third kappa shape index (κ3) is 4.40. The van der Waals surface area contributed by atoms with E-state index < -0.39 is 0 Å². The number of allylic oxidation sites excluding steroid dienone is 1. The lowest BCUT2D eigenvalue weighted by Gasteiger charge is -2.00. The maximum Gasteiger partial charge on any atom is 0.291 e. The van der Waals surface area contributed by atoms with Gasteiger partial charge < -0.3 is 0 Å². The van der Waals surface area contributed by atoms with Crippen LogP contribution in [0, 0.1) is 11.3 Å². The molecule has 1 aliphatic rings. The number of benzene rings is 2. The van der Waals surface area contributed by atoms with Crippen LogP contribution in [-0.4, -0.2) is 24.4 Å². The fraction of sp³-hybridized carbons (Fsp3) is 0.185. The van der Waals surface area contributed by atoms with Gasteiger partial charge in [0.15, 0.2) is 5.82 Å². The molecule has 0 aliphatic heterocycles. The molecule has 10 heteroatoms. The van der Waals surface area contributed by atoms with E-state index in [1.807, 2.05) is 72.9 Å². The van der Waals surface area contributed by atoms with Gasteiger partial charge in [-0.1, -0.05) is 90.3 Å². The summed E-state index contributed by atoms with van der Waals surface area (Å²) in [7, 11) is 0. The summed E-state index contributed by atoms with van der Waals surface area (Å²) in [6.45, 7) is 4.23. The van der Waals surface area contributed by atoms with E-state index in [4.69, 9.17) is 44.9 Å². The standard InChI is InChI=1S/C27H20Cl3N5OS/c1-27(2)19(13-21(29)30)22(27)24-31-26-35(33-24)25(36)20(37-26)12-16-14-34(18-6-4-3-5-7-18)32-23(16)15-8-10-17(28)11-9-15/h3-14,19,22H,1-2H3/b20-12-/t19-,22+/m1/s1. The van der Waals surface area contributed by atoms with Gasteiger partial charge in [0.1, 0.15) is 10.2 Å². The van der Waals surface area contributed by atoms with Crippen LogP contribution in [0.25, 0.3) is 28.0 Å². The molecule has 0 spiro atoms. The van der Waals surface area contributed by atoms with E-state index in [-0.39, 0.29) is 27.3 Å². The zero-order valence-corrected chi connectivity index (χ0v) is 22.9. The molecule has 37 heavy (non-hydrogen) atoms. The van der Waals surface area contributed by atoms with Gasteiger partial charge in [0.2, 0.25) is 4.96 Å². The number of nitrogens with zero attached hydrogens (tertiary/aromatic N) is 5. The Morgan fingerprint density at radius 1 is 1.05 bits per heavy atom. The Morgan fingerprint density at radius 3 is 2.46 bits per heavy atom. The summed E-state index contributed by atoms with van der Waals surface area (Å²) in [6.07, 6.45) is 5.59. The Kier molecular flexibility index (Phi) is 5.99. The van der Waals surface area contributed by atoms with E-state index in [9.17, 15) is 4.79 Å². The normalized spacial score (nSPS) is 18.9. The summed E-state index contributed by atoms with van der Waals surface area (Å²) in [5, 5.41) is 10.0. The molecule has 1 saturated carbocycles. The van der Waals surface area contributed by atoms with Crippen LogP contribution < -0.4 is 10.1 Å². The number of hydrogen-bond donors (Lipinski definition) is 0. The number of aromatic nitrogens is 5. The van der Waals surface area contributed by atoms with Gasteiger partial charge in [0, 0.05) is 28.3 Å². The van der Waals surface area contributed by atoms with Crippen LogP contribution >= 0.6 is 46.1 Å². The molecule has 0 radical (unpaired) electrons. The summed E-state index contributed by atoms with van der Waals surface area (Å²) < 4.78 is 3.95. The number of thiazole rings is 1. The first kappa shape index (κ1) is 24.4. The Morgan fingerprint density at radius 2 is 1.78 bits per heavy atom. The van der Waals surface area contributed by atoms with Crippen molar-refractivity contribution < 1.29 is 0 Å². The molecule has 2 atom stereocenters. The number of fused-ring (bicyclic) bond motifs is 1. The molecular formula is C27H20Cl3N5OS. The molecule has 0 unspecified atom stereocenters. The first-order chi connectivity index (χ1) is 17.7. The van der Waals surface area contributed by atoms with Gasteiger partial charge >= 0.3 is 0 Å². The zero-order chi connectivity index (χ0) is 25.9. The average molecular weight is 569 g/mol. The van der Waals surface area contributed by atoms with Crippen LogP contribution in [0.2, 0.25) is 5.02 Å². The molecule has 186 valence electrons. The van der Waals surface area contributed by atoms with Gasteiger partial charge in [0.25, 0.3) is 5.56 Å². The highest BCUT2D eigenvalue weighted by molar-refractivity contribution is 7.15. The molecule has 0 saturated heterocycles. The maximum atomic E-state index is 13.3. The summed E-state index contributed by atoms with van der Waals surface area (Å²) in [5.74, 6) is 0.815. The van der Waals surface area contributed by atoms with Crippen LogP contribution in [-0.2, 0) is 0 Å². The number of para-hydroxylation sites is 1. The first-order valence-corrected chi connectivity index (χ1v) is 13.5. The molecule has 1 fully saturated rings. The lowest BCUT2D eigenvalue weighted by Crippen LogP contribution is -2.23. The van der Waals surface area contributed by atoms with Crippen molar-refractivity contribution in [3.63, 3.8) is 0 Å². The Bertz CT molecular complexity index is 1770. The summed E-state index contributed by atoms with van der Waals surface area (Å²) in [6, 6.07) is 17.3. The van der Waals surface area contributed by atoms with Gasteiger partial charge in [-0.25, -0.2) is 9.67 Å². The second-order valence-corrected chi connectivity index (χ2v) is 12.0. The Labute approximate surface area is 231 Å². The summed E-state index contributed by atoms with van der Waals surface area (Å²) in [4.78, 5) is 18.6. The van der Waals surface area contributed by atoms with Gasteiger partial charge in [-0.05, 0) is 47.8 Å². The fourth-order valence-corrected chi connectivity index (χ4v) is 6.08. The van der Waals surface area contributed by atoms with Gasteiger partial charge in [0.05, 0.1) is 10.2 Å². The average Bonchev–Trinajstić information content (AvgIpc) is 3.28. The molecule has 6 nitrogen and oxygen atoms in total. The van der Waals surface area contributed by atoms with Crippen LogP contribution in [0.5, 0.6) is 0 Å². The van der Waals surface area contributed by atoms with Crippen molar-refractivity contribution >= 4 is 57.2 Å². The monoisotopic (exact) mass is 567 g/mol. The predicted molar refractivity (Wildman–Crippen MR) is 150 cm³/mol. The Hall–Kier alpha value is -2.97. The Balaban J connectivity index is 1.43. The molecule has 1 aliphatic carbocycles. The molecular weight excluding hydrogens is 549 g/mol. The van der Waals surface area contributed by atoms with E-state index in [1.165, 1.54) is 15.9 Å². The van der Waals surface area contributed by atoms with Crippen molar-refractivity contribution in [2.24, 2.45) is 11.3 Å². The summed E-state index contributed by atoms with van der Waals surface area (Å²) >= 11 is 19.2. The third-order valence-corrected chi connectivity index (χ3v) is 8.32. The van der Waals surface area contributed by atoms with Gasteiger partial charge in [-0.2, -0.15) is 9.61 Å². The number of rotatable bonds is 5. The van der Waals surface area contributed by atoms with Crippen molar-refractivity contribution in [3.05, 3.63) is 103 Å². The second-order valence-electron chi connectivity index (χ2n) is 9.58. The second kappa shape index (κ2) is 9.10. The SMILES string of the molecule is CC1(C)[C@H](C=C(Cl)Cl)[C@H]1c1nc2s/c(=C\c3cn(-c4ccccc4)nc3-c3ccc(Cl)cc3)c(=O)n2n1. The number of hydrogen-bond acceptors (Lipinski definition) is 5. The van der Waals surface area contributed by atoms with Crippen molar-refractivity contribution in [2.75, 3.05) is 0 Å². The highest BCUT2D eigenvalue weighted by atomic mass is 35.5. The first-order valence-electron chi connectivity index (χ1n) is 11.6. The minimum Gasteiger partial charge on any atom is -0.266 e. The van der Waals surface area contributed by atoms with Crippen LogP contribution in [0.1, 0.15) is 31.2 Å². The van der Waals surface area contributed by atoms with Crippen LogP contribution in [0.4, 0.5) is 0 Å². The third-order valence-electron chi connectivity index (χ3n) is 6.86. The molecule has 0 amide bonds. The maximum absolute atomic E-state index is 13.3. The van der Waals surface area contributed by atoms with E-state index in [0.717, 1.165) is 22.5 Å². The highest BCUT2D eigenvalue weighted by Gasteiger charge is 2.59. The van der Waals surface area contributed by atoms with Gasteiger partial charge in [-0.15, -0.1) is 5.10 Å². The van der Waals surface area contributed by atoms with Crippen molar-refractivity contribution in [2.45, 2.75) is 19.8 Å². The molecule has 5 aromatic rings. The predicted octanol–water partition coefficient (Wildman–Crippen LogP) is 6.26. The molecule has 3 heterocycles. The molecule has 6 rings (SSSR count). The van der Waals surface area contributed by atoms with Crippen LogP contribution in [0.3, 0.4) is 0 Å². The lowest BCUT2D eigenvalue weighted by atomic mass is 10.1. The van der Waals surface area contributed by atoms with E-state index >= 15 is 0 Å². The van der Waals surface area contributed by atoms with Crippen molar-refractivity contribution in [1.29, 1.82) is 0 Å². The van der Waals surface area contributed by atoms with Gasteiger partial charge in [-0.3, -0.25) is 4.79 Å². The molecule has 3 aromatic heterocycles. The largest absolute Gasteiger partial charge is 0.291 e. The number of halogens is 3. The molecule has 0 N–H and O–H groups in total. The van der Waals surface area contributed by atoms with E-state index in [2.05, 4.69) is 18.9 Å². The minimum absolute atomic E-state index is 0.0551. The van der Waals surface area contributed by atoms with E-state index in [1.54, 1.807) is 4.68 Å². The minimum atomic E-state index is -0.214.